The van der Waals surface area contributed by atoms with Crippen LogP contribution in [0.25, 0.3) is 0 Å². The third kappa shape index (κ3) is 11.6. The summed E-state index contributed by atoms with van der Waals surface area (Å²) in [4.78, 5) is 0. The van der Waals surface area contributed by atoms with E-state index in [2.05, 4.69) is 24.4 Å². The van der Waals surface area contributed by atoms with Gasteiger partial charge in [0.05, 0.1) is 13.2 Å². The maximum atomic E-state index is 5.30. The molecule has 0 aromatic heterocycles. The number of hydrogen-bond donors (Lipinski definition) is 1. The van der Waals surface area contributed by atoms with E-state index in [0.29, 0.717) is 0 Å². The predicted molar refractivity (Wildman–Crippen MR) is 59.6 cm³/mol. The number of methoxy groups -OCH3 is 1. The molecule has 0 atom stereocenters. The molecule has 3 heteroatoms. The van der Waals surface area contributed by atoms with Crippen molar-refractivity contribution < 1.29 is 9.47 Å². The van der Waals surface area contributed by atoms with E-state index in [1.165, 1.54) is 0 Å². The van der Waals surface area contributed by atoms with E-state index in [1.54, 1.807) is 7.11 Å². The van der Waals surface area contributed by atoms with Crippen molar-refractivity contribution >= 4 is 0 Å². The summed E-state index contributed by atoms with van der Waals surface area (Å²) >= 11 is 0. The molecule has 1 N–H and O–H groups in total. The molecule has 0 bridgehead atoms. The lowest BCUT2D eigenvalue weighted by Crippen LogP contribution is -2.19. The minimum absolute atomic E-state index is 0.742. The largest absolute Gasteiger partial charge is 0.383 e. The van der Waals surface area contributed by atoms with E-state index in [-0.39, 0.29) is 0 Å². The van der Waals surface area contributed by atoms with Gasteiger partial charge in [0, 0.05) is 20.3 Å². The first-order valence-electron chi connectivity index (χ1n) is 5.34. The SMILES string of the molecule is CCCOCC=CCCNCCOC. The molecule has 0 aliphatic heterocycles. The smallest absolute Gasteiger partial charge is 0.0647 e. The molecular weight excluding hydrogens is 178 g/mol. The highest BCUT2D eigenvalue weighted by Gasteiger charge is 1.84. The Labute approximate surface area is 87.5 Å². The molecule has 0 aromatic rings. The molecule has 0 radical (unpaired) electrons. The molecule has 0 unspecified atom stereocenters. The van der Waals surface area contributed by atoms with Gasteiger partial charge in [-0.15, -0.1) is 0 Å². The Bertz CT molecular complexity index is 126. The predicted octanol–water partition coefficient (Wildman–Crippen LogP) is 1.60. The summed E-state index contributed by atoms with van der Waals surface area (Å²) in [5, 5.41) is 3.27. The lowest BCUT2D eigenvalue weighted by molar-refractivity contribution is 0.163. The van der Waals surface area contributed by atoms with Gasteiger partial charge in [0.25, 0.3) is 0 Å². The van der Waals surface area contributed by atoms with E-state index in [9.17, 15) is 0 Å². The molecule has 0 fully saturated rings. The van der Waals surface area contributed by atoms with Crippen LogP contribution in [0.15, 0.2) is 12.2 Å². The van der Waals surface area contributed by atoms with E-state index in [4.69, 9.17) is 9.47 Å². The molecular formula is C11H23NO2. The quantitative estimate of drug-likeness (QED) is 0.430. The highest BCUT2D eigenvalue weighted by Crippen LogP contribution is 1.84. The number of rotatable bonds is 10. The monoisotopic (exact) mass is 201 g/mol. The van der Waals surface area contributed by atoms with E-state index >= 15 is 0 Å². The lowest BCUT2D eigenvalue weighted by atomic mass is 10.4. The van der Waals surface area contributed by atoms with Gasteiger partial charge in [-0.2, -0.15) is 0 Å². The minimum Gasteiger partial charge on any atom is -0.383 e. The molecule has 14 heavy (non-hydrogen) atoms. The second-order valence-corrected chi connectivity index (χ2v) is 3.08. The Morgan fingerprint density at radius 1 is 1.14 bits per heavy atom. The number of ether oxygens (including phenoxy) is 2. The molecule has 3 nitrogen and oxygen atoms in total. The zero-order valence-electron chi connectivity index (χ0n) is 9.42. The van der Waals surface area contributed by atoms with E-state index < -0.39 is 0 Å². The van der Waals surface area contributed by atoms with Gasteiger partial charge < -0.3 is 14.8 Å². The maximum absolute atomic E-state index is 5.30. The normalized spacial score (nSPS) is 11.3. The number of hydrogen-bond acceptors (Lipinski definition) is 3. The van der Waals surface area contributed by atoms with Crippen LogP contribution in [0.3, 0.4) is 0 Å². The Balaban J connectivity index is 2.96. The van der Waals surface area contributed by atoms with Crippen LogP contribution >= 0.6 is 0 Å². The molecule has 0 saturated carbocycles. The summed E-state index contributed by atoms with van der Waals surface area (Å²) in [5.41, 5.74) is 0. The first-order chi connectivity index (χ1) is 6.91. The molecule has 0 spiro atoms. The molecule has 0 aromatic carbocycles. The topological polar surface area (TPSA) is 30.5 Å². The van der Waals surface area contributed by atoms with Gasteiger partial charge in [0.1, 0.15) is 0 Å². The number of nitrogens with one attached hydrogen (secondary N) is 1. The second kappa shape index (κ2) is 12.6. The van der Waals surface area contributed by atoms with Crippen molar-refractivity contribution in [3.63, 3.8) is 0 Å². The average Bonchev–Trinajstić information content (AvgIpc) is 2.21. The summed E-state index contributed by atoms with van der Waals surface area (Å²) in [5.74, 6) is 0. The standard InChI is InChI=1S/C11H23NO2/c1-3-9-14-10-6-4-5-7-12-8-11-13-2/h4,6,12H,3,5,7-11H2,1-2H3. The van der Waals surface area contributed by atoms with Crippen molar-refractivity contribution in [2.45, 2.75) is 19.8 Å². The Kier molecular flexibility index (Phi) is 12.3. The van der Waals surface area contributed by atoms with Crippen molar-refractivity contribution in [1.82, 2.24) is 5.32 Å². The highest BCUT2D eigenvalue weighted by atomic mass is 16.5. The molecule has 0 saturated heterocycles. The highest BCUT2D eigenvalue weighted by molar-refractivity contribution is 4.81. The first-order valence-corrected chi connectivity index (χ1v) is 5.34. The zero-order valence-corrected chi connectivity index (χ0v) is 9.42. The van der Waals surface area contributed by atoms with Gasteiger partial charge in [-0.05, 0) is 19.4 Å². The first kappa shape index (κ1) is 13.6. The summed E-state index contributed by atoms with van der Waals surface area (Å²) in [6, 6.07) is 0. The molecule has 0 aliphatic rings. The van der Waals surface area contributed by atoms with Crippen molar-refractivity contribution in [3.8, 4) is 0 Å². The van der Waals surface area contributed by atoms with Crippen molar-refractivity contribution in [3.05, 3.63) is 12.2 Å². The fourth-order valence-corrected chi connectivity index (χ4v) is 0.966. The van der Waals surface area contributed by atoms with E-state index in [0.717, 1.165) is 45.8 Å². The van der Waals surface area contributed by atoms with Crippen molar-refractivity contribution in [2.75, 3.05) is 40.0 Å². The van der Waals surface area contributed by atoms with Gasteiger partial charge in [0.2, 0.25) is 0 Å². The molecule has 0 amide bonds. The third-order valence-corrected chi connectivity index (χ3v) is 1.70. The van der Waals surface area contributed by atoms with Gasteiger partial charge in [-0.3, -0.25) is 0 Å². The maximum Gasteiger partial charge on any atom is 0.0647 e. The molecule has 0 aliphatic carbocycles. The van der Waals surface area contributed by atoms with Crippen LogP contribution in [0.1, 0.15) is 19.8 Å². The summed E-state index contributed by atoms with van der Waals surface area (Å²) in [7, 11) is 1.71. The minimum atomic E-state index is 0.742. The summed E-state index contributed by atoms with van der Waals surface area (Å²) in [6.07, 6.45) is 6.37. The van der Waals surface area contributed by atoms with Crippen LogP contribution in [0.2, 0.25) is 0 Å². The fraction of sp³-hybridized carbons (Fsp3) is 0.818. The molecule has 84 valence electrons. The van der Waals surface area contributed by atoms with Crippen LogP contribution in [-0.4, -0.2) is 40.0 Å². The van der Waals surface area contributed by atoms with Gasteiger partial charge in [0.15, 0.2) is 0 Å². The second-order valence-electron chi connectivity index (χ2n) is 3.08. The third-order valence-electron chi connectivity index (χ3n) is 1.70. The van der Waals surface area contributed by atoms with Crippen LogP contribution in [0.5, 0.6) is 0 Å². The van der Waals surface area contributed by atoms with Crippen LogP contribution in [0, 0.1) is 0 Å². The average molecular weight is 201 g/mol. The zero-order chi connectivity index (χ0) is 10.5. The van der Waals surface area contributed by atoms with Gasteiger partial charge >= 0.3 is 0 Å². The fourth-order valence-electron chi connectivity index (χ4n) is 0.966. The van der Waals surface area contributed by atoms with Crippen LogP contribution in [0.4, 0.5) is 0 Å². The van der Waals surface area contributed by atoms with E-state index in [1.807, 2.05) is 0 Å². The van der Waals surface area contributed by atoms with Crippen molar-refractivity contribution in [1.29, 1.82) is 0 Å². The Morgan fingerprint density at radius 2 is 2.00 bits per heavy atom. The molecule has 0 heterocycles. The van der Waals surface area contributed by atoms with Crippen LogP contribution < -0.4 is 5.32 Å². The van der Waals surface area contributed by atoms with Crippen molar-refractivity contribution in [2.24, 2.45) is 0 Å². The Morgan fingerprint density at radius 3 is 2.71 bits per heavy atom. The summed E-state index contributed by atoms with van der Waals surface area (Å²) < 4.78 is 10.2. The van der Waals surface area contributed by atoms with Gasteiger partial charge in [-0.1, -0.05) is 19.1 Å². The van der Waals surface area contributed by atoms with Crippen LogP contribution in [-0.2, 0) is 9.47 Å². The van der Waals surface area contributed by atoms with Gasteiger partial charge in [-0.25, -0.2) is 0 Å². The Hall–Kier alpha value is -0.380. The summed E-state index contributed by atoms with van der Waals surface area (Å²) in [6.45, 7) is 6.43. The molecule has 0 rings (SSSR count). The lowest BCUT2D eigenvalue weighted by Gasteiger charge is -2.00.